The van der Waals surface area contributed by atoms with Crippen LogP contribution in [0.15, 0.2) is 52.9 Å². The number of anilines is 1. The minimum Gasteiger partial charge on any atom is -0.296 e. The van der Waals surface area contributed by atoms with Gasteiger partial charge in [0.15, 0.2) is 0 Å². The summed E-state index contributed by atoms with van der Waals surface area (Å²) in [5.74, 6) is -0.350. The topological polar surface area (TPSA) is 101 Å². The first-order chi connectivity index (χ1) is 13.9. The van der Waals surface area contributed by atoms with Crippen LogP contribution >= 0.6 is 11.3 Å². The van der Waals surface area contributed by atoms with Crippen LogP contribution in [0.1, 0.15) is 45.9 Å². The fourth-order valence-corrected chi connectivity index (χ4v) is 5.64. The van der Waals surface area contributed by atoms with Crippen molar-refractivity contribution in [1.29, 1.82) is 0 Å². The smallest absolute Gasteiger partial charge is 0.270 e. The van der Waals surface area contributed by atoms with E-state index in [1.165, 1.54) is 0 Å². The van der Waals surface area contributed by atoms with Crippen molar-refractivity contribution < 1.29 is 13.2 Å². The highest BCUT2D eigenvalue weighted by Gasteiger charge is 2.28. The summed E-state index contributed by atoms with van der Waals surface area (Å²) in [6.07, 6.45) is 2.59. The second-order valence-corrected chi connectivity index (χ2v) is 9.77. The standard InChI is InChI=1S/C20H20N4O3S2/c1-13-7-2-4-10-15(13)18(25)21-19-22-23-20(28-19)29(26,27)24-17-12-6-9-14-8-3-5-11-16(14)17/h2-5,7-8,10-11,17,24H,6,9,12H2,1H3,(H,21,22,25)/t17-/m1/s1. The Morgan fingerprint density at radius 3 is 2.69 bits per heavy atom. The number of nitrogens with one attached hydrogen (secondary N) is 2. The number of hydrogen-bond acceptors (Lipinski definition) is 6. The maximum absolute atomic E-state index is 12.8. The van der Waals surface area contributed by atoms with Gasteiger partial charge in [-0.2, -0.15) is 0 Å². The van der Waals surface area contributed by atoms with Gasteiger partial charge in [-0.15, -0.1) is 10.2 Å². The van der Waals surface area contributed by atoms with Crippen LogP contribution in [0.2, 0.25) is 0 Å². The van der Waals surface area contributed by atoms with E-state index in [-0.39, 0.29) is 21.4 Å². The van der Waals surface area contributed by atoms with Gasteiger partial charge in [-0.05, 0) is 48.9 Å². The second kappa shape index (κ2) is 8.02. The number of aryl methyl sites for hydroxylation is 2. The van der Waals surface area contributed by atoms with Crippen LogP contribution < -0.4 is 10.0 Å². The minimum absolute atomic E-state index is 0.141. The molecule has 0 unspecified atom stereocenters. The highest BCUT2D eigenvalue weighted by Crippen LogP contribution is 2.31. The normalized spacial score (nSPS) is 16.2. The Labute approximate surface area is 173 Å². The Morgan fingerprint density at radius 2 is 1.86 bits per heavy atom. The van der Waals surface area contributed by atoms with Crippen molar-refractivity contribution >= 4 is 32.4 Å². The third kappa shape index (κ3) is 4.21. The molecule has 4 rings (SSSR count). The lowest BCUT2D eigenvalue weighted by Crippen LogP contribution is -2.31. The molecule has 150 valence electrons. The largest absolute Gasteiger partial charge is 0.296 e. The molecule has 2 aromatic carbocycles. The second-order valence-electron chi connectivity index (χ2n) is 6.91. The number of sulfonamides is 1. The van der Waals surface area contributed by atoms with Crippen molar-refractivity contribution in [3.8, 4) is 0 Å². The number of carbonyl (C=O) groups excluding carboxylic acids is 1. The Morgan fingerprint density at radius 1 is 1.10 bits per heavy atom. The van der Waals surface area contributed by atoms with E-state index in [2.05, 4.69) is 20.2 Å². The molecule has 0 aliphatic heterocycles. The number of carbonyl (C=O) groups is 1. The molecule has 1 aliphatic rings. The number of amides is 1. The maximum atomic E-state index is 12.8. The summed E-state index contributed by atoms with van der Waals surface area (Å²) in [6, 6.07) is 14.7. The molecule has 0 saturated heterocycles. The number of benzene rings is 2. The van der Waals surface area contributed by atoms with Crippen LogP contribution in [-0.4, -0.2) is 24.5 Å². The average molecular weight is 429 g/mol. The third-order valence-electron chi connectivity index (χ3n) is 4.91. The zero-order valence-electron chi connectivity index (χ0n) is 15.8. The molecule has 1 atom stereocenters. The average Bonchev–Trinajstić information content (AvgIpc) is 3.18. The van der Waals surface area contributed by atoms with E-state index in [1.807, 2.05) is 43.3 Å². The van der Waals surface area contributed by atoms with Crippen molar-refractivity contribution in [3.05, 3.63) is 70.8 Å². The molecule has 1 aliphatic carbocycles. The van der Waals surface area contributed by atoms with Gasteiger partial charge >= 0.3 is 0 Å². The van der Waals surface area contributed by atoms with E-state index in [0.29, 0.717) is 5.56 Å². The molecule has 1 amide bonds. The van der Waals surface area contributed by atoms with Crippen LogP contribution in [-0.2, 0) is 16.4 Å². The molecule has 7 nitrogen and oxygen atoms in total. The van der Waals surface area contributed by atoms with Gasteiger partial charge in [0, 0.05) is 11.6 Å². The molecule has 1 aromatic heterocycles. The van der Waals surface area contributed by atoms with E-state index in [0.717, 1.165) is 47.3 Å². The van der Waals surface area contributed by atoms with E-state index in [1.54, 1.807) is 12.1 Å². The molecule has 2 N–H and O–H groups in total. The van der Waals surface area contributed by atoms with Crippen LogP contribution in [0.5, 0.6) is 0 Å². The zero-order chi connectivity index (χ0) is 20.4. The molecule has 0 spiro atoms. The number of rotatable bonds is 5. The summed E-state index contributed by atoms with van der Waals surface area (Å²) in [5, 5.41) is 10.4. The first kappa shape index (κ1) is 19.7. The summed E-state index contributed by atoms with van der Waals surface area (Å²) in [6.45, 7) is 1.83. The van der Waals surface area contributed by atoms with E-state index in [9.17, 15) is 13.2 Å². The maximum Gasteiger partial charge on any atom is 0.270 e. The minimum atomic E-state index is -3.85. The van der Waals surface area contributed by atoms with Crippen molar-refractivity contribution in [2.45, 2.75) is 36.6 Å². The number of fused-ring (bicyclic) bond motifs is 1. The zero-order valence-corrected chi connectivity index (χ0v) is 17.4. The Balaban J connectivity index is 1.50. The highest BCUT2D eigenvalue weighted by atomic mass is 32.2. The lowest BCUT2D eigenvalue weighted by Gasteiger charge is -2.25. The van der Waals surface area contributed by atoms with Crippen molar-refractivity contribution in [2.24, 2.45) is 0 Å². The van der Waals surface area contributed by atoms with Gasteiger partial charge in [0.2, 0.25) is 9.47 Å². The molecule has 0 saturated carbocycles. The molecular weight excluding hydrogens is 408 g/mol. The summed E-state index contributed by atoms with van der Waals surface area (Å²) >= 11 is 0.834. The van der Waals surface area contributed by atoms with E-state index < -0.39 is 10.0 Å². The van der Waals surface area contributed by atoms with E-state index >= 15 is 0 Å². The van der Waals surface area contributed by atoms with E-state index in [4.69, 9.17) is 0 Å². The van der Waals surface area contributed by atoms with Crippen molar-refractivity contribution in [1.82, 2.24) is 14.9 Å². The van der Waals surface area contributed by atoms with Crippen LogP contribution in [0.3, 0.4) is 0 Å². The molecule has 3 aromatic rings. The SMILES string of the molecule is Cc1ccccc1C(=O)Nc1nnc(S(=O)(=O)N[C@@H]2CCCc3ccccc32)s1. The first-order valence-corrected chi connectivity index (χ1v) is 11.5. The number of hydrogen-bond donors (Lipinski definition) is 2. The van der Waals surface area contributed by atoms with Crippen molar-refractivity contribution in [3.63, 3.8) is 0 Å². The number of aromatic nitrogens is 2. The first-order valence-electron chi connectivity index (χ1n) is 9.25. The van der Waals surface area contributed by atoms with Gasteiger partial charge in [0.1, 0.15) is 0 Å². The summed E-state index contributed by atoms with van der Waals surface area (Å²) in [7, 11) is -3.85. The molecule has 9 heteroatoms. The van der Waals surface area contributed by atoms with Gasteiger partial charge in [-0.25, -0.2) is 13.1 Å². The van der Waals surface area contributed by atoms with Gasteiger partial charge in [-0.3, -0.25) is 10.1 Å². The predicted octanol–water partition coefficient (Wildman–Crippen LogP) is 3.45. The summed E-state index contributed by atoms with van der Waals surface area (Å²) in [4.78, 5) is 12.4. The third-order valence-corrected chi connectivity index (χ3v) is 7.59. The Bertz CT molecular complexity index is 1160. The van der Waals surface area contributed by atoms with Crippen LogP contribution in [0.25, 0.3) is 0 Å². The van der Waals surface area contributed by atoms with Gasteiger partial charge < -0.3 is 0 Å². The molecule has 1 heterocycles. The molecular formula is C20H20N4O3S2. The van der Waals surface area contributed by atoms with Crippen LogP contribution in [0.4, 0.5) is 5.13 Å². The fraction of sp³-hybridized carbons (Fsp3) is 0.250. The molecule has 29 heavy (non-hydrogen) atoms. The van der Waals surface area contributed by atoms with Gasteiger partial charge in [0.25, 0.3) is 15.9 Å². The quantitative estimate of drug-likeness (QED) is 0.606. The van der Waals surface area contributed by atoms with Gasteiger partial charge in [0.05, 0.1) is 0 Å². The summed E-state index contributed by atoms with van der Waals surface area (Å²) < 4.78 is 28.2. The lowest BCUT2D eigenvalue weighted by molar-refractivity contribution is 0.102. The Hall–Kier alpha value is -2.62. The van der Waals surface area contributed by atoms with Gasteiger partial charge in [-0.1, -0.05) is 53.8 Å². The predicted molar refractivity (Wildman–Crippen MR) is 111 cm³/mol. The summed E-state index contributed by atoms with van der Waals surface area (Å²) in [5.41, 5.74) is 3.49. The number of nitrogens with zero attached hydrogens (tertiary/aromatic N) is 2. The lowest BCUT2D eigenvalue weighted by atomic mass is 9.88. The van der Waals surface area contributed by atoms with Crippen molar-refractivity contribution in [2.75, 3.05) is 5.32 Å². The molecule has 0 radical (unpaired) electrons. The highest BCUT2D eigenvalue weighted by molar-refractivity contribution is 7.91. The molecule has 0 fully saturated rings. The Kier molecular flexibility index (Phi) is 5.44. The molecule has 0 bridgehead atoms. The monoisotopic (exact) mass is 428 g/mol. The fourth-order valence-electron chi connectivity index (χ4n) is 3.48. The van der Waals surface area contributed by atoms with Crippen LogP contribution in [0, 0.1) is 6.92 Å².